The molecule has 0 radical (unpaired) electrons. The number of hydrogen-bond donors (Lipinski definition) is 1. The van der Waals surface area contributed by atoms with E-state index in [4.69, 9.17) is 11.6 Å². The van der Waals surface area contributed by atoms with Crippen LogP contribution in [0.25, 0.3) is 0 Å². The van der Waals surface area contributed by atoms with Crippen molar-refractivity contribution in [3.05, 3.63) is 59.1 Å². The van der Waals surface area contributed by atoms with Gasteiger partial charge in [0.15, 0.2) is 0 Å². The molecule has 0 heterocycles. The van der Waals surface area contributed by atoms with Gasteiger partial charge in [0.2, 0.25) is 5.91 Å². The lowest BCUT2D eigenvalue weighted by molar-refractivity contribution is -0.113. The molecule has 0 saturated heterocycles. The number of alkyl halides is 2. The molecule has 3 nitrogen and oxygen atoms in total. The van der Waals surface area contributed by atoms with Gasteiger partial charge in [0.25, 0.3) is 0 Å². The Kier molecular flexibility index (Phi) is 6.67. The van der Waals surface area contributed by atoms with Gasteiger partial charge in [-0.25, -0.2) is 0 Å². The van der Waals surface area contributed by atoms with Gasteiger partial charge in [-0.05, 0) is 42.0 Å². The Hall–Kier alpha value is -1.79. The van der Waals surface area contributed by atoms with Crippen molar-refractivity contribution in [1.29, 1.82) is 0 Å². The standard InChI is InChI=1S/C16H14ClF2NO2S/c17-12-3-1-11(2-4-12)9-23-10-15(21)20-13-5-7-14(8-6-13)22-16(18)19/h1-8,16H,9-10H2,(H,20,21). The van der Waals surface area contributed by atoms with Crippen molar-refractivity contribution in [2.75, 3.05) is 11.1 Å². The molecule has 0 unspecified atom stereocenters. The lowest BCUT2D eigenvalue weighted by Crippen LogP contribution is -2.14. The fraction of sp³-hybridized carbons (Fsp3) is 0.188. The Labute approximate surface area is 142 Å². The highest BCUT2D eigenvalue weighted by Crippen LogP contribution is 2.19. The predicted molar refractivity (Wildman–Crippen MR) is 89.3 cm³/mol. The first-order valence-corrected chi connectivity index (χ1v) is 8.23. The van der Waals surface area contributed by atoms with E-state index in [1.807, 2.05) is 12.1 Å². The summed E-state index contributed by atoms with van der Waals surface area (Å²) < 4.78 is 28.3. The fourth-order valence-corrected chi connectivity index (χ4v) is 2.67. The van der Waals surface area contributed by atoms with E-state index in [1.54, 1.807) is 12.1 Å². The molecule has 0 aliphatic heterocycles. The summed E-state index contributed by atoms with van der Waals surface area (Å²) in [6.45, 7) is -2.86. The maximum Gasteiger partial charge on any atom is 0.387 e. The number of anilines is 1. The molecule has 0 aromatic heterocycles. The van der Waals surface area contributed by atoms with Crippen molar-refractivity contribution in [2.24, 2.45) is 0 Å². The summed E-state index contributed by atoms with van der Waals surface area (Å²) in [5.41, 5.74) is 1.62. The number of carbonyl (C=O) groups excluding carboxylic acids is 1. The van der Waals surface area contributed by atoms with Gasteiger partial charge in [-0.1, -0.05) is 23.7 Å². The Morgan fingerprint density at radius 2 is 1.78 bits per heavy atom. The van der Waals surface area contributed by atoms with Crippen LogP contribution in [0.5, 0.6) is 5.75 Å². The second-order valence-electron chi connectivity index (χ2n) is 4.57. The molecule has 1 N–H and O–H groups in total. The van der Waals surface area contributed by atoms with Crippen molar-refractivity contribution in [1.82, 2.24) is 0 Å². The minimum Gasteiger partial charge on any atom is -0.435 e. The molecule has 2 rings (SSSR count). The number of ether oxygens (including phenoxy) is 1. The topological polar surface area (TPSA) is 38.3 Å². The number of nitrogens with one attached hydrogen (secondary N) is 1. The molecule has 1 amide bonds. The molecule has 0 spiro atoms. The zero-order valence-corrected chi connectivity index (χ0v) is 13.5. The van der Waals surface area contributed by atoms with Gasteiger partial charge in [0, 0.05) is 16.5 Å². The third-order valence-electron chi connectivity index (χ3n) is 2.78. The first-order chi connectivity index (χ1) is 11.0. The minimum atomic E-state index is -2.86. The van der Waals surface area contributed by atoms with E-state index in [-0.39, 0.29) is 17.4 Å². The molecule has 2 aromatic carbocycles. The summed E-state index contributed by atoms with van der Waals surface area (Å²) in [4.78, 5) is 11.8. The van der Waals surface area contributed by atoms with Gasteiger partial charge in [-0.2, -0.15) is 8.78 Å². The van der Waals surface area contributed by atoms with Gasteiger partial charge in [0.1, 0.15) is 5.75 Å². The SMILES string of the molecule is O=C(CSCc1ccc(Cl)cc1)Nc1ccc(OC(F)F)cc1. The molecule has 7 heteroatoms. The first-order valence-electron chi connectivity index (χ1n) is 6.70. The van der Waals surface area contributed by atoms with Crippen LogP contribution in [0.4, 0.5) is 14.5 Å². The van der Waals surface area contributed by atoms with Crippen LogP contribution in [0.2, 0.25) is 5.02 Å². The summed E-state index contributed by atoms with van der Waals surface area (Å²) in [6.07, 6.45) is 0. The quantitative estimate of drug-likeness (QED) is 0.772. The maximum atomic E-state index is 12.0. The summed E-state index contributed by atoms with van der Waals surface area (Å²) in [5.74, 6) is 0.880. The molecule has 23 heavy (non-hydrogen) atoms. The zero-order valence-electron chi connectivity index (χ0n) is 12.0. The molecule has 0 fully saturated rings. The van der Waals surface area contributed by atoms with Crippen molar-refractivity contribution >= 4 is 35.0 Å². The highest BCUT2D eigenvalue weighted by Gasteiger charge is 2.06. The van der Waals surface area contributed by atoms with Crippen LogP contribution >= 0.6 is 23.4 Å². The molecule has 0 saturated carbocycles. The molecule has 122 valence electrons. The van der Waals surface area contributed by atoms with Gasteiger partial charge >= 0.3 is 6.61 Å². The molecular formula is C16H14ClF2NO2S. The van der Waals surface area contributed by atoms with Crippen molar-refractivity contribution in [2.45, 2.75) is 12.4 Å². The first kappa shape index (κ1) is 17.6. The number of hydrogen-bond acceptors (Lipinski definition) is 3. The number of carbonyl (C=O) groups is 1. The van der Waals surface area contributed by atoms with Crippen molar-refractivity contribution < 1.29 is 18.3 Å². The Morgan fingerprint density at radius 1 is 1.13 bits per heavy atom. The summed E-state index contributed by atoms with van der Waals surface area (Å²) >= 11 is 7.28. The van der Waals surface area contributed by atoms with E-state index in [0.717, 1.165) is 5.56 Å². The van der Waals surface area contributed by atoms with Crippen molar-refractivity contribution in [3.8, 4) is 5.75 Å². The van der Waals surface area contributed by atoms with Crippen LogP contribution in [0.1, 0.15) is 5.56 Å². The van der Waals surface area contributed by atoms with Crippen LogP contribution in [0.3, 0.4) is 0 Å². The molecule has 0 bridgehead atoms. The molecule has 0 aliphatic carbocycles. The van der Waals surface area contributed by atoms with Crippen LogP contribution in [0.15, 0.2) is 48.5 Å². The molecule has 0 atom stereocenters. The third kappa shape index (κ3) is 6.46. The molecular weight excluding hydrogens is 344 g/mol. The highest BCUT2D eigenvalue weighted by atomic mass is 35.5. The number of thioether (sulfide) groups is 1. The zero-order chi connectivity index (χ0) is 16.7. The third-order valence-corrected chi connectivity index (χ3v) is 4.03. The van der Waals surface area contributed by atoms with Gasteiger partial charge in [-0.3, -0.25) is 4.79 Å². The van der Waals surface area contributed by atoms with E-state index in [2.05, 4.69) is 10.1 Å². The fourth-order valence-electron chi connectivity index (χ4n) is 1.76. The lowest BCUT2D eigenvalue weighted by Gasteiger charge is -2.07. The Balaban J connectivity index is 1.75. The predicted octanol–water partition coefficient (Wildman–Crippen LogP) is 4.81. The van der Waals surface area contributed by atoms with Gasteiger partial charge < -0.3 is 10.1 Å². The van der Waals surface area contributed by atoms with E-state index in [9.17, 15) is 13.6 Å². The summed E-state index contributed by atoms with van der Waals surface area (Å²) in [5, 5.41) is 3.37. The van der Waals surface area contributed by atoms with E-state index >= 15 is 0 Å². The second-order valence-corrected chi connectivity index (χ2v) is 5.99. The highest BCUT2D eigenvalue weighted by molar-refractivity contribution is 7.99. The normalized spacial score (nSPS) is 10.6. The van der Waals surface area contributed by atoms with Crippen LogP contribution in [-0.2, 0) is 10.5 Å². The van der Waals surface area contributed by atoms with Crippen LogP contribution < -0.4 is 10.1 Å². The molecule has 2 aromatic rings. The van der Waals surface area contributed by atoms with E-state index in [0.29, 0.717) is 16.5 Å². The maximum absolute atomic E-state index is 12.0. The average Bonchev–Trinajstić information content (AvgIpc) is 2.51. The number of rotatable bonds is 7. The molecule has 0 aliphatic rings. The van der Waals surface area contributed by atoms with E-state index in [1.165, 1.54) is 36.0 Å². The monoisotopic (exact) mass is 357 g/mol. The van der Waals surface area contributed by atoms with Gasteiger partial charge in [0.05, 0.1) is 5.75 Å². The number of halogens is 3. The smallest absolute Gasteiger partial charge is 0.387 e. The number of amides is 1. The lowest BCUT2D eigenvalue weighted by atomic mass is 10.2. The summed E-state index contributed by atoms with van der Waals surface area (Å²) in [6, 6.07) is 13.2. The van der Waals surface area contributed by atoms with Crippen LogP contribution in [0, 0.1) is 0 Å². The van der Waals surface area contributed by atoms with Crippen molar-refractivity contribution in [3.63, 3.8) is 0 Å². The Bertz CT molecular complexity index is 636. The van der Waals surface area contributed by atoms with E-state index < -0.39 is 6.61 Å². The largest absolute Gasteiger partial charge is 0.435 e. The average molecular weight is 358 g/mol. The second kappa shape index (κ2) is 8.74. The summed E-state index contributed by atoms with van der Waals surface area (Å²) in [7, 11) is 0. The number of benzene rings is 2. The minimum absolute atomic E-state index is 0.0510. The van der Waals surface area contributed by atoms with Gasteiger partial charge in [-0.15, -0.1) is 11.8 Å². The Morgan fingerprint density at radius 3 is 2.39 bits per heavy atom. The van der Waals surface area contributed by atoms with Crippen LogP contribution in [-0.4, -0.2) is 18.3 Å².